The van der Waals surface area contributed by atoms with Crippen molar-refractivity contribution in [2.24, 2.45) is 5.92 Å². The summed E-state index contributed by atoms with van der Waals surface area (Å²) in [5, 5.41) is 14.2. The molecule has 0 aliphatic carbocycles. The summed E-state index contributed by atoms with van der Waals surface area (Å²) in [7, 11) is -3.12. The van der Waals surface area contributed by atoms with Crippen LogP contribution in [-0.2, 0) is 10.0 Å². The van der Waals surface area contributed by atoms with E-state index < -0.39 is 10.0 Å². The second kappa shape index (κ2) is 6.62. The third-order valence-corrected chi connectivity index (χ3v) is 5.28. The van der Waals surface area contributed by atoms with Crippen LogP contribution in [0.5, 0.6) is 0 Å². The average molecular weight is 327 g/mol. The molecule has 122 valence electrons. The Hall–Kier alpha value is -1.67. The molecule has 1 aliphatic rings. The summed E-state index contributed by atoms with van der Waals surface area (Å²) >= 11 is 0. The zero-order valence-electron chi connectivity index (χ0n) is 12.8. The van der Waals surface area contributed by atoms with Crippen molar-refractivity contribution >= 4 is 21.4 Å². The highest BCUT2D eigenvalue weighted by Gasteiger charge is 2.25. The molecule has 0 atom stereocenters. The molecule has 2 rings (SSSR count). The number of anilines is 1. The van der Waals surface area contributed by atoms with Crippen LogP contribution in [0.25, 0.3) is 0 Å². The fourth-order valence-electron chi connectivity index (χ4n) is 2.64. The van der Waals surface area contributed by atoms with Gasteiger partial charge in [0.25, 0.3) is 5.69 Å². The van der Waals surface area contributed by atoms with Crippen LogP contribution in [0.3, 0.4) is 0 Å². The lowest BCUT2D eigenvalue weighted by Gasteiger charge is -2.30. The normalized spacial score (nSPS) is 17.4. The van der Waals surface area contributed by atoms with E-state index >= 15 is 0 Å². The van der Waals surface area contributed by atoms with E-state index in [9.17, 15) is 18.5 Å². The number of hydrogen-bond acceptors (Lipinski definition) is 5. The van der Waals surface area contributed by atoms with E-state index in [1.807, 2.05) is 13.0 Å². The Balaban J connectivity index is 1.94. The molecule has 1 saturated heterocycles. The quantitative estimate of drug-likeness (QED) is 0.659. The molecule has 0 unspecified atom stereocenters. The molecular weight excluding hydrogens is 306 g/mol. The molecule has 0 bridgehead atoms. The molecule has 1 aromatic rings. The lowest BCUT2D eigenvalue weighted by molar-refractivity contribution is -0.384. The van der Waals surface area contributed by atoms with Crippen LogP contribution in [0, 0.1) is 23.0 Å². The molecule has 0 saturated carbocycles. The number of nitro groups is 1. The molecule has 8 heteroatoms. The van der Waals surface area contributed by atoms with Crippen LogP contribution in [0.4, 0.5) is 11.4 Å². The standard InChI is InChI=1S/C14H21N3O4S/c1-11-3-4-13(14(9-11)17(18)19)15-10-12-5-7-16(8-6-12)22(2,20)21/h3-4,9,12,15H,5-8,10H2,1-2H3. The number of nitrogens with zero attached hydrogens (tertiary/aromatic N) is 2. The van der Waals surface area contributed by atoms with Gasteiger partial charge in [0.05, 0.1) is 11.2 Å². The average Bonchev–Trinajstić information content (AvgIpc) is 2.45. The molecule has 0 radical (unpaired) electrons. The first-order chi connectivity index (χ1) is 10.3. The number of aryl methyl sites for hydroxylation is 1. The third kappa shape index (κ3) is 4.17. The summed E-state index contributed by atoms with van der Waals surface area (Å²) < 4.78 is 24.4. The van der Waals surface area contributed by atoms with Gasteiger partial charge in [-0.05, 0) is 37.3 Å². The van der Waals surface area contributed by atoms with Crippen molar-refractivity contribution in [2.45, 2.75) is 19.8 Å². The van der Waals surface area contributed by atoms with E-state index in [2.05, 4.69) is 5.32 Å². The Morgan fingerprint density at radius 3 is 2.55 bits per heavy atom. The Labute approximate surface area is 130 Å². The lowest BCUT2D eigenvalue weighted by Crippen LogP contribution is -2.39. The number of piperidine rings is 1. The van der Waals surface area contributed by atoms with Crippen LogP contribution in [-0.4, -0.2) is 43.5 Å². The highest BCUT2D eigenvalue weighted by Crippen LogP contribution is 2.27. The molecule has 1 aliphatic heterocycles. The number of nitro benzene ring substituents is 1. The number of rotatable bonds is 5. The molecule has 0 spiro atoms. The predicted octanol–water partition coefficient (Wildman–Crippen LogP) is 1.99. The molecule has 22 heavy (non-hydrogen) atoms. The largest absolute Gasteiger partial charge is 0.379 e. The van der Waals surface area contributed by atoms with Gasteiger partial charge in [0.1, 0.15) is 5.69 Å². The summed E-state index contributed by atoms with van der Waals surface area (Å²) in [5.74, 6) is 0.318. The fraction of sp³-hybridized carbons (Fsp3) is 0.571. The Kier molecular flexibility index (Phi) is 5.02. The maximum absolute atomic E-state index is 11.5. The molecular formula is C14H21N3O4S. The van der Waals surface area contributed by atoms with E-state index in [1.165, 1.54) is 10.6 Å². The van der Waals surface area contributed by atoms with Gasteiger partial charge >= 0.3 is 0 Å². The first kappa shape index (κ1) is 16.7. The minimum Gasteiger partial charge on any atom is -0.379 e. The molecule has 1 fully saturated rings. The van der Waals surface area contributed by atoms with Gasteiger partial charge in [-0.15, -0.1) is 0 Å². The van der Waals surface area contributed by atoms with Crippen LogP contribution in [0.1, 0.15) is 18.4 Å². The number of hydrogen-bond donors (Lipinski definition) is 1. The van der Waals surface area contributed by atoms with Crippen LogP contribution < -0.4 is 5.32 Å². The Morgan fingerprint density at radius 2 is 2.00 bits per heavy atom. The van der Waals surface area contributed by atoms with Gasteiger partial charge in [-0.3, -0.25) is 10.1 Å². The third-order valence-electron chi connectivity index (χ3n) is 3.97. The van der Waals surface area contributed by atoms with Gasteiger partial charge in [0.15, 0.2) is 0 Å². The molecule has 7 nitrogen and oxygen atoms in total. The molecule has 1 heterocycles. The maximum Gasteiger partial charge on any atom is 0.292 e. The van der Waals surface area contributed by atoms with Crippen LogP contribution >= 0.6 is 0 Å². The molecule has 1 N–H and O–H groups in total. The van der Waals surface area contributed by atoms with E-state index in [0.29, 0.717) is 31.2 Å². The van der Waals surface area contributed by atoms with Gasteiger partial charge in [-0.1, -0.05) is 6.07 Å². The first-order valence-corrected chi connectivity index (χ1v) is 9.06. The monoisotopic (exact) mass is 327 g/mol. The number of benzene rings is 1. The first-order valence-electron chi connectivity index (χ1n) is 7.21. The molecule has 1 aromatic carbocycles. The number of sulfonamides is 1. The molecule has 0 amide bonds. The van der Waals surface area contributed by atoms with E-state index in [-0.39, 0.29) is 10.6 Å². The summed E-state index contributed by atoms with van der Waals surface area (Å²) in [6, 6.07) is 5.11. The van der Waals surface area contributed by atoms with Crippen molar-refractivity contribution in [1.29, 1.82) is 0 Å². The van der Waals surface area contributed by atoms with Gasteiger partial charge in [-0.2, -0.15) is 0 Å². The van der Waals surface area contributed by atoms with Crippen LogP contribution in [0.15, 0.2) is 18.2 Å². The van der Waals surface area contributed by atoms with Crippen molar-refractivity contribution in [3.63, 3.8) is 0 Å². The number of nitrogens with one attached hydrogen (secondary N) is 1. The smallest absolute Gasteiger partial charge is 0.292 e. The van der Waals surface area contributed by atoms with Gasteiger partial charge in [0.2, 0.25) is 10.0 Å². The van der Waals surface area contributed by atoms with Gasteiger partial charge in [0, 0.05) is 25.7 Å². The summed E-state index contributed by atoms with van der Waals surface area (Å²) in [5.41, 5.74) is 1.44. The second-order valence-corrected chi connectivity index (χ2v) is 7.75. The lowest BCUT2D eigenvalue weighted by atomic mass is 9.98. The van der Waals surface area contributed by atoms with Gasteiger partial charge in [-0.25, -0.2) is 12.7 Å². The van der Waals surface area contributed by atoms with Crippen LogP contribution in [0.2, 0.25) is 0 Å². The van der Waals surface area contributed by atoms with E-state index in [1.54, 1.807) is 12.1 Å². The SMILES string of the molecule is Cc1ccc(NCC2CCN(S(C)(=O)=O)CC2)c([N+](=O)[O-])c1. The summed E-state index contributed by atoms with van der Waals surface area (Å²) in [4.78, 5) is 10.7. The predicted molar refractivity (Wildman–Crippen MR) is 85.5 cm³/mol. The Morgan fingerprint density at radius 1 is 1.36 bits per heavy atom. The van der Waals surface area contributed by atoms with Crippen molar-refractivity contribution in [3.05, 3.63) is 33.9 Å². The maximum atomic E-state index is 11.5. The highest BCUT2D eigenvalue weighted by molar-refractivity contribution is 7.88. The van der Waals surface area contributed by atoms with E-state index in [0.717, 1.165) is 18.4 Å². The second-order valence-electron chi connectivity index (χ2n) is 5.76. The van der Waals surface area contributed by atoms with Crippen molar-refractivity contribution in [2.75, 3.05) is 31.2 Å². The topological polar surface area (TPSA) is 92.6 Å². The molecule has 0 aromatic heterocycles. The van der Waals surface area contributed by atoms with Gasteiger partial charge < -0.3 is 5.32 Å². The van der Waals surface area contributed by atoms with Crippen molar-refractivity contribution < 1.29 is 13.3 Å². The summed E-state index contributed by atoms with van der Waals surface area (Å²) in [6.45, 7) is 3.46. The summed E-state index contributed by atoms with van der Waals surface area (Å²) in [6.07, 6.45) is 2.75. The highest BCUT2D eigenvalue weighted by atomic mass is 32.2. The fourth-order valence-corrected chi connectivity index (χ4v) is 3.52. The van der Waals surface area contributed by atoms with Crippen molar-refractivity contribution in [3.8, 4) is 0 Å². The Bertz CT molecular complexity index is 652. The zero-order valence-corrected chi connectivity index (χ0v) is 13.6. The zero-order chi connectivity index (χ0) is 16.3. The minimum absolute atomic E-state index is 0.0774. The van der Waals surface area contributed by atoms with E-state index in [4.69, 9.17) is 0 Å². The van der Waals surface area contributed by atoms with Crippen molar-refractivity contribution in [1.82, 2.24) is 4.31 Å². The minimum atomic E-state index is -3.12.